The summed E-state index contributed by atoms with van der Waals surface area (Å²) in [6.45, 7) is 6.75. The van der Waals surface area contributed by atoms with Crippen LogP contribution in [0.25, 0.3) is 6.08 Å². The third-order valence-corrected chi connectivity index (χ3v) is 4.06. The van der Waals surface area contributed by atoms with Crippen LogP contribution >= 0.6 is 0 Å². The van der Waals surface area contributed by atoms with E-state index in [1.807, 2.05) is 6.07 Å². The molecule has 142 valence electrons. The van der Waals surface area contributed by atoms with Crippen LogP contribution in [0.15, 0.2) is 48.5 Å². The van der Waals surface area contributed by atoms with Crippen molar-refractivity contribution in [3.05, 3.63) is 69.8 Å². The van der Waals surface area contributed by atoms with E-state index in [-0.39, 0.29) is 17.2 Å². The van der Waals surface area contributed by atoms with Crippen LogP contribution in [0.4, 0.5) is 5.69 Å². The second kappa shape index (κ2) is 9.49. The van der Waals surface area contributed by atoms with E-state index in [1.165, 1.54) is 36.4 Å². The van der Waals surface area contributed by atoms with Crippen molar-refractivity contribution in [1.29, 1.82) is 0 Å². The van der Waals surface area contributed by atoms with Gasteiger partial charge in [0, 0.05) is 30.3 Å². The van der Waals surface area contributed by atoms with E-state index in [0.717, 1.165) is 25.2 Å². The third kappa shape index (κ3) is 5.93. The zero-order valence-electron chi connectivity index (χ0n) is 15.3. The minimum atomic E-state index is -0.643. The molecule has 0 spiro atoms. The molecule has 0 aliphatic heterocycles. The number of rotatable bonds is 8. The number of carbonyl (C=O) groups is 1. The van der Waals surface area contributed by atoms with Gasteiger partial charge in [-0.25, -0.2) is 4.79 Å². The molecule has 0 radical (unpaired) electrons. The number of benzene rings is 2. The Bertz CT molecular complexity index is 827. The summed E-state index contributed by atoms with van der Waals surface area (Å²) < 4.78 is 5.08. The molecule has 0 heterocycles. The SMILES string of the molecule is CCN(CC)Cc1ccc(/C=C/C(=O)Oc2ccc([N+](=O)[O-])cc2)c(O)c1. The number of phenolic OH excluding ortho intramolecular Hbond substituents is 1. The highest BCUT2D eigenvalue weighted by Gasteiger charge is 2.08. The first kappa shape index (κ1) is 20.1. The van der Waals surface area contributed by atoms with Crippen LogP contribution in [0.5, 0.6) is 11.5 Å². The van der Waals surface area contributed by atoms with Gasteiger partial charge in [-0.2, -0.15) is 0 Å². The molecule has 0 aromatic heterocycles. The molecule has 7 heteroatoms. The number of nitro benzene ring substituents is 1. The number of carbonyl (C=O) groups excluding carboxylic acids is 1. The van der Waals surface area contributed by atoms with Crippen LogP contribution in [0.3, 0.4) is 0 Å². The number of phenols is 1. The molecule has 0 aliphatic carbocycles. The maximum Gasteiger partial charge on any atom is 0.336 e. The first-order valence-corrected chi connectivity index (χ1v) is 8.61. The van der Waals surface area contributed by atoms with E-state index in [9.17, 15) is 20.0 Å². The predicted octanol–water partition coefficient (Wildman–Crippen LogP) is 3.76. The number of nitro groups is 1. The van der Waals surface area contributed by atoms with Gasteiger partial charge in [-0.1, -0.05) is 26.0 Å². The lowest BCUT2D eigenvalue weighted by Crippen LogP contribution is -2.21. The quantitative estimate of drug-likeness (QED) is 0.250. The molecule has 0 saturated carbocycles. The van der Waals surface area contributed by atoms with E-state index in [4.69, 9.17) is 4.74 Å². The Morgan fingerprint density at radius 3 is 2.41 bits per heavy atom. The first-order chi connectivity index (χ1) is 12.9. The van der Waals surface area contributed by atoms with Crippen molar-refractivity contribution in [2.75, 3.05) is 13.1 Å². The van der Waals surface area contributed by atoms with Gasteiger partial charge in [-0.05, 0) is 42.9 Å². The first-order valence-electron chi connectivity index (χ1n) is 8.61. The van der Waals surface area contributed by atoms with Crippen molar-refractivity contribution in [1.82, 2.24) is 4.90 Å². The molecule has 0 aliphatic rings. The van der Waals surface area contributed by atoms with Crippen LogP contribution in [0, 0.1) is 10.1 Å². The van der Waals surface area contributed by atoms with Crippen LogP contribution in [-0.2, 0) is 11.3 Å². The molecule has 2 rings (SSSR count). The van der Waals surface area contributed by atoms with Gasteiger partial charge in [-0.15, -0.1) is 0 Å². The minimum Gasteiger partial charge on any atom is -0.507 e. The standard InChI is InChI=1S/C20H22N2O5/c1-3-21(4-2)14-15-5-6-16(19(23)13-15)7-12-20(24)27-18-10-8-17(9-11-18)22(25)26/h5-13,23H,3-4,14H2,1-2H3/b12-7+. The lowest BCUT2D eigenvalue weighted by molar-refractivity contribution is -0.384. The Hall–Kier alpha value is -3.19. The maximum atomic E-state index is 11.9. The van der Waals surface area contributed by atoms with Gasteiger partial charge in [-0.3, -0.25) is 15.0 Å². The number of esters is 1. The fourth-order valence-electron chi connectivity index (χ4n) is 2.48. The van der Waals surface area contributed by atoms with E-state index in [1.54, 1.807) is 12.1 Å². The molecule has 27 heavy (non-hydrogen) atoms. The highest BCUT2D eigenvalue weighted by atomic mass is 16.6. The van der Waals surface area contributed by atoms with Gasteiger partial charge in [0.05, 0.1) is 4.92 Å². The van der Waals surface area contributed by atoms with Crippen molar-refractivity contribution in [2.24, 2.45) is 0 Å². The van der Waals surface area contributed by atoms with Gasteiger partial charge >= 0.3 is 5.97 Å². The van der Waals surface area contributed by atoms with Crippen molar-refractivity contribution >= 4 is 17.7 Å². The molecule has 0 saturated heterocycles. The Morgan fingerprint density at radius 1 is 1.19 bits per heavy atom. The molecule has 0 unspecified atom stereocenters. The van der Waals surface area contributed by atoms with Gasteiger partial charge in [0.1, 0.15) is 11.5 Å². The molecule has 7 nitrogen and oxygen atoms in total. The number of ether oxygens (including phenoxy) is 1. The van der Waals surface area contributed by atoms with Crippen molar-refractivity contribution in [2.45, 2.75) is 20.4 Å². The lowest BCUT2D eigenvalue weighted by Gasteiger charge is -2.18. The van der Waals surface area contributed by atoms with Gasteiger partial charge in [0.25, 0.3) is 5.69 Å². The number of non-ortho nitro benzene ring substituents is 1. The Balaban J connectivity index is 1.99. The average molecular weight is 370 g/mol. The summed E-state index contributed by atoms with van der Waals surface area (Å²) in [4.78, 5) is 24.2. The Morgan fingerprint density at radius 2 is 1.85 bits per heavy atom. The molecular formula is C20H22N2O5. The van der Waals surface area contributed by atoms with E-state index in [0.29, 0.717) is 5.56 Å². The summed E-state index contributed by atoms with van der Waals surface area (Å²) in [5.41, 5.74) is 1.40. The fraction of sp³-hybridized carbons (Fsp3) is 0.250. The molecule has 2 aromatic carbocycles. The molecular weight excluding hydrogens is 348 g/mol. The minimum absolute atomic E-state index is 0.0824. The van der Waals surface area contributed by atoms with E-state index >= 15 is 0 Å². The number of aromatic hydroxyl groups is 1. The third-order valence-electron chi connectivity index (χ3n) is 4.06. The normalized spacial score (nSPS) is 11.1. The molecule has 1 N–H and O–H groups in total. The summed E-state index contributed by atoms with van der Waals surface area (Å²) in [5, 5.41) is 20.8. The highest BCUT2D eigenvalue weighted by molar-refractivity contribution is 5.89. The van der Waals surface area contributed by atoms with Crippen molar-refractivity contribution in [3.63, 3.8) is 0 Å². The second-order valence-electron chi connectivity index (χ2n) is 5.86. The van der Waals surface area contributed by atoms with Gasteiger partial charge < -0.3 is 9.84 Å². The van der Waals surface area contributed by atoms with Gasteiger partial charge in [0.2, 0.25) is 0 Å². The van der Waals surface area contributed by atoms with Crippen molar-refractivity contribution in [3.8, 4) is 11.5 Å². The summed E-state index contributed by atoms with van der Waals surface area (Å²) >= 11 is 0. The van der Waals surface area contributed by atoms with E-state index in [2.05, 4.69) is 18.7 Å². The zero-order valence-corrected chi connectivity index (χ0v) is 15.3. The lowest BCUT2D eigenvalue weighted by atomic mass is 10.1. The maximum absolute atomic E-state index is 11.9. The Kier molecular flexibility index (Phi) is 7.08. The van der Waals surface area contributed by atoms with E-state index < -0.39 is 10.9 Å². The van der Waals surface area contributed by atoms with Crippen LogP contribution in [0.1, 0.15) is 25.0 Å². The van der Waals surface area contributed by atoms with Crippen LogP contribution < -0.4 is 4.74 Å². The Labute approximate surface area is 157 Å². The summed E-state index contributed by atoms with van der Waals surface area (Å²) in [7, 11) is 0. The number of hydrogen-bond donors (Lipinski definition) is 1. The highest BCUT2D eigenvalue weighted by Crippen LogP contribution is 2.22. The topological polar surface area (TPSA) is 92.9 Å². The summed E-state index contributed by atoms with van der Waals surface area (Å²) in [5.74, 6) is -0.358. The van der Waals surface area contributed by atoms with Crippen molar-refractivity contribution < 1.29 is 19.6 Å². The summed E-state index contributed by atoms with van der Waals surface area (Å²) in [6.07, 6.45) is 2.66. The van der Waals surface area contributed by atoms with Gasteiger partial charge in [0.15, 0.2) is 0 Å². The molecule has 0 bridgehead atoms. The molecule has 2 aromatic rings. The second-order valence-corrected chi connectivity index (χ2v) is 5.86. The van der Waals surface area contributed by atoms with Crippen LogP contribution in [0.2, 0.25) is 0 Å². The number of hydrogen-bond acceptors (Lipinski definition) is 6. The fourth-order valence-corrected chi connectivity index (χ4v) is 2.48. The zero-order chi connectivity index (χ0) is 19.8. The predicted molar refractivity (Wildman–Crippen MR) is 102 cm³/mol. The average Bonchev–Trinajstić information content (AvgIpc) is 2.65. The molecule has 0 fully saturated rings. The molecule has 0 atom stereocenters. The largest absolute Gasteiger partial charge is 0.507 e. The monoisotopic (exact) mass is 370 g/mol. The smallest absolute Gasteiger partial charge is 0.336 e. The number of nitrogens with zero attached hydrogens (tertiary/aromatic N) is 2. The molecule has 0 amide bonds. The summed E-state index contributed by atoms with van der Waals surface area (Å²) in [6, 6.07) is 10.5. The van der Waals surface area contributed by atoms with Crippen LogP contribution in [-0.4, -0.2) is 34.0 Å².